The van der Waals surface area contributed by atoms with E-state index in [0.29, 0.717) is 0 Å². The number of carbonyl (C=O) groups excluding carboxylic acids is 1. The number of nitrogens with zero attached hydrogens (tertiary/aromatic N) is 2. The second-order valence-corrected chi connectivity index (χ2v) is 4.41. The van der Waals surface area contributed by atoms with Crippen LogP contribution < -0.4 is 5.32 Å². The molecule has 1 heterocycles. The summed E-state index contributed by atoms with van der Waals surface area (Å²) < 4.78 is 2.08. The van der Waals surface area contributed by atoms with Crippen molar-refractivity contribution < 1.29 is 4.79 Å². The lowest BCUT2D eigenvalue weighted by atomic mass is 10.1. The highest BCUT2D eigenvalue weighted by molar-refractivity contribution is 5.78. The molecule has 0 aliphatic heterocycles. The van der Waals surface area contributed by atoms with E-state index in [9.17, 15) is 4.79 Å². The summed E-state index contributed by atoms with van der Waals surface area (Å²) in [4.78, 5) is 15.8. The van der Waals surface area contributed by atoms with Crippen molar-refractivity contribution in [3.05, 3.63) is 18.2 Å². The van der Waals surface area contributed by atoms with Gasteiger partial charge in [-0.1, -0.05) is 20.8 Å². The van der Waals surface area contributed by atoms with Crippen molar-refractivity contribution in [3.8, 4) is 0 Å². The van der Waals surface area contributed by atoms with Crippen molar-refractivity contribution in [1.29, 1.82) is 0 Å². The van der Waals surface area contributed by atoms with Crippen LogP contribution in [0.3, 0.4) is 0 Å². The van der Waals surface area contributed by atoms with Gasteiger partial charge in [0.15, 0.2) is 0 Å². The van der Waals surface area contributed by atoms with Crippen LogP contribution in [0.25, 0.3) is 0 Å². The van der Waals surface area contributed by atoms with Crippen LogP contribution in [0.2, 0.25) is 0 Å². The van der Waals surface area contributed by atoms with Crippen molar-refractivity contribution in [2.45, 2.75) is 46.6 Å². The van der Waals surface area contributed by atoms with Crippen LogP contribution in [-0.2, 0) is 17.8 Å². The molecular weight excluding hydrogens is 214 g/mol. The second-order valence-electron chi connectivity index (χ2n) is 4.41. The predicted octanol–water partition coefficient (Wildman–Crippen LogP) is 2.00. The molecule has 0 bridgehead atoms. The topological polar surface area (TPSA) is 46.9 Å². The van der Waals surface area contributed by atoms with E-state index >= 15 is 0 Å². The zero-order valence-electron chi connectivity index (χ0n) is 11.1. The smallest absolute Gasteiger partial charge is 0.222 e. The number of hydrogen-bond acceptors (Lipinski definition) is 2. The van der Waals surface area contributed by atoms with Gasteiger partial charge in [-0.3, -0.25) is 4.79 Å². The Labute approximate surface area is 103 Å². The van der Waals surface area contributed by atoms with Gasteiger partial charge in [-0.25, -0.2) is 4.98 Å². The molecule has 1 rings (SSSR count). The summed E-state index contributed by atoms with van der Waals surface area (Å²) in [5.41, 5.74) is 1.12. The van der Waals surface area contributed by atoms with Crippen LogP contribution in [0, 0.1) is 5.92 Å². The fourth-order valence-electron chi connectivity index (χ4n) is 1.54. The summed E-state index contributed by atoms with van der Waals surface area (Å²) in [6, 6.07) is 0. The maximum absolute atomic E-state index is 11.5. The van der Waals surface area contributed by atoms with Crippen molar-refractivity contribution in [2.24, 2.45) is 5.92 Å². The van der Waals surface area contributed by atoms with Crippen LogP contribution >= 0.6 is 0 Å². The lowest BCUT2D eigenvalue weighted by Gasteiger charge is -2.09. The average molecular weight is 237 g/mol. The van der Waals surface area contributed by atoms with Crippen molar-refractivity contribution >= 4 is 5.91 Å². The molecule has 4 heteroatoms. The third-order valence-corrected chi connectivity index (χ3v) is 3.00. The number of carbonyl (C=O) groups is 1. The highest BCUT2D eigenvalue weighted by Crippen LogP contribution is 2.00. The minimum atomic E-state index is 0.120. The summed E-state index contributed by atoms with van der Waals surface area (Å²) in [5, 5.41) is 2.95. The summed E-state index contributed by atoms with van der Waals surface area (Å²) in [5.74, 6) is 0.280. The van der Waals surface area contributed by atoms with E-state index in [1.54, 1.807) is 0 Å². The van der Waals surface area contributed by atoms with Crippen LogP contribution in [0.5, 0.6) is 0 Å². The summed E-state index contributed by atoms with van der Waals surface area (Å²) in [6.07, 6.45) is 6.73. The predicted molar refractivity (Wildman–Crippen MR) is 68.7 cm³/mol. The molecule has 1 amide bonds. The van der Waals surface area contributed by atoms with E-state index in [1.165, 1.54) is 0 Å². The molecule has 0 fully saturated rings. The Bertz CT molecular complexity index is 346. The standard InChI is InChI=1S/C13H23N3O/c1-4-11(3)13(17)14-7-6-8-16-9-12(5-2)15-10-16/h9-11H,4-8H2,1-3H3,(H,14,17). The highest BCUT2D eigenvalue weighted by Gasteiger charge is 2.08. The van der Waals surface area contributed by atoms with Gasteiger partial charge in [0, 0.05) is 25.2 Å². The quantitative estimate of drug-likeness (QED) is 0.737. The molecule has 0 saturated heterocycles. The van der Waals surface area contributed by atoms with Gasteiger partial charge in [0.2, 0.25) is 5.91 Å². The lowest BCUT2D eigenvalue weighted by Crippen LogP contribution is -2.30. The molecule has 0 saturated carbocycles. The third kappa shape index (κ3) is 4.59. The number of nitrogens with one attached hydrogen (secondary N) is 1. The number of amides is 1. The van der Waals surface area contributed by atoms with E-state index < -0.39 is 0 Å². The Morgan fingerprint density at radius 2 is 2.29 bits per heavy atom. The fraction of sp³-hybridized carbons (Fsp3) is 0.692. The van der Waals surface area contributed by atoms with Gasteiger partial charge in [-0.15, -0.1) is 0 Å². The van der Waals surface area contributed by atoms with E-state index in [4.69, 9.17) is 0 Å². The Hall–Kier alpha value is -1.32. The van der Waals surface area contributed by atoms with Gasteiger partial charge in [0.05, 0.1) is 12.0 Å². The second kappa shape index (κ2) is 7.09. The Kier molecular flexibility index (Phi) is 5.73. The first-order valence-corrected chi connectivity index (χ1v) is 6.45. The largest absolute Gasteiger partial charge is 0.356 e. The normalized spacial score (nSPS) is 12.4. The van der Waals surface area contributed by atoms with Crippen molar-refractivity contribution in [2.75, 3.05) is 6.54 Å². The molecular formula is C13H23N3O. The molecule has 1 N–H and O–H groups in total. The van der Waals surface area contributed by atoms with Gasteiger partial charge >= 0.3 is 0 Å². The van der Waals surface area contributed by atoms with E-state index in [0.717, 1.165) is 38.0 Å². The van der Waals surface area contributed by atoms with Gasteiger partial charge in [0.25, 0.3) is 0 Å². The molecule has 4 nitrogen and oxygen atoms in total. The maximum atomic E-state index is 11.5. The first-order valence-electron chi connectivity index (χ1n) is 6.45. The molecule has 1 aromatic rings. The first kappa shape index (κ1) is 13.7. The van der Waals surface area contributed by atoms with Crippen LogP contribution in [-0.4, -0.2) is 22.0 Å². The molecule has 1 unspecified atom stereocenters. The molecule has 1 aromatic heterocycles. The molecule has 0 spiro atoms. The molecule has 17 heavy (non-hydrogen) atoms. The molecule has 0 aliphatic rings. The van der Waals surface area contributed by atoms with Gasteiger partial charge in [-0.05, 0) is 19.3 Å². The number of aromatic nitrogens is 2. The van der Waals surface area contributed by atoms with E-state index in [1.807, 2.05) is 20.2 Å². The van der Waals surface area contributed by atoms with Crippen LogP contribution in [0.1, 0.15) is 39.3 Å². The number of imidazole rings is 1. The summed E-state index contributed by atoms with van der Waals surface area (Å²) in [6.45, 7) is 7.73. The maximum Gasteiger partial charge on any atom is 0.222 e. The Morgan fingerprint density at radius 1 is 1.53 bits per heavy atom. The zero-order valence-corrected chi connectivity index (χ0v) is 11.1. The van der Waals surface area contributed by atoms with Crippen LogP contribution in [0.4, 0.5) is 0 Å². The average Bonchev–Trinajstić information content (AvgIpc) is 2.81. The molecule has 1 atom stereocenters. The minimum absolute atomic E-state index is 0.120. The van der Waals surface area contributed by atoms with Crippen molar-refractivity contribution in [3.63, 3.8) is 0 Å². The highest BCUT2D eigenvalue weighted by atomic mass is 16.1. The van der Waals surface area contributed by atoms with Gasteiger partial charge < -0.3 is 9.88 Å². The Morgan fingerprint density at radius 3 is 2.88 bits per heavy atom. The SMILES string of the molecule is CCc1cn(CCCNC(=O)C(C)CC)cn1. The van der Waals surface area contributed by atoms with Crippen LogP contribution in [0.15, 0.2) is 12.5 Å². The number of hydrogen-bond donors (Lipinski definition) is 1. The van der Waals surface area contributed by atoms with E-state index in [2.05, 4.69) is 28.0 Å². The molecule has 0 radical (unpaired) electrons. The number of aryl methyl sites for hydroxylation is 2. The molecule has 0 aliphatic carbocycles. The lowest BCUT2D eigenvalue weighted by molar-refractivity contribution is -0.124. The molecule has 0 aromatic carbocycles. The summed E-state index contributed by atoms with van der Waals surface area (Å²) in [7, 11) is 0. The number of rotatable bonds is 7. The Balaban J connectivity index is 2.18. The monoisotopic (exact) mass is 237 g/mol. The fourth-order valence-corrected chi connectivity index (χ4v) is 1.54. The van der Waals surface area contributed by atoms with Crippen molar-refractivity contribution in [1.82, 2.24) is 14.9 Å². The first-order chi connectivity index (χ1) is 8.17. The van der Waals surface area contributed by atoms with E-state index in [-0.39, 0.29) is 11.8 Å². The molecule has 96 valence electrons. The summed E-state index contributed by atoms with van der Waals surface area (Å²) >= 11 is 0. The third-order valence-electron chi connectivity index (χ3n) is 3.00. The minimum Gasteiger partial charge on any atom is -0.356 e. The zero-order chi connectivity index (χ0) is 12.7. The van der Waals surface area contributed by atoms with Gasteiger partial charge in [-0.2, -0.15) is 0 Å². The van der Waals surface area contributed by atoms with Gasteiger partial charge in [0.1, 0.15) is 0 Å².